The molecule has 0 saturated heterocycles. The van der Waals surface area contributed by atoms with E-state index >= 15 is 0 Å². The molecule has 0 atom stereocenters. The van der Waals surface area contributed by atoms with Gasteiger partial charge in [-0.05, 0) is 30.7 Å². The Kier molecular flexibility index (Phi) is 3.80. The highest BCUT2D eigenvalue weighted by Crippen LogP contribution is 2.22. The minimum Gasteiger partial charge on any atom is -0.384 e. The largest absolute Gasteiger partial charge is 0.384 e. The van der Waals surface area contributed by atoms with Crippen molar-refractivity contribution >= 4 is 11.5 Å². The number of aromatic nitrogens is 1. The summed E-state index contributed by atoms with van der Waals surface area (Å²) in [5.41, 5.74) is 9.61. The SMILES string of the molecule is Cc1ccc(N(C)Cc2cccnc2)c(C(=N)N)c1. The third-order valence-corrected chi connectivity index (χ3v) is 3.00. The van der Waals surface area contributed by atoms with Gasteiger partial charge in [-0.25, -0.2) is 0 Å². The van der Waals surface area contributed by atoms with Crippen LogP contribution in [0, 0.1) is 12.3 Å². The number of nitrogens with two attached hydrogens (primary N) is 1. The predicted octanol–water partition coefficient (Wildman–Crippen LogP) is 2.31. The van der Waals surface area contributed by atoms with Gasteiger partial charge in [0.05, 0.1) is 0 Å². The van der Waals surface area contributed by atoms with Gasteiger partial charge in [0, 0.05) is 37.2 Å². The van der Waals surface area contributed by atoms with Gasteiger partial charge in [0.25, 0.3) is 0 Å². The zero-order chi connectivity index (χ0) is 13.8. The van der Waals surface area contributed by atoms with E-state index in [2.05, 4.69) is 9.88 Å². The van der Waals surface area contributed by atoms with Crippen LogP contribution in [0.15, 0.2) is 42.7 Å². The number of hydrogen-bond acceptors (Lipinski definition) is 3. The van der Waals surface area contributed by atoms with Gasteiger partial charge >= 0.3 is 0 Å². The van der Waals surface area contributed by atoms with Crippen LogP contribution in [-0.4, -0.2) is 17.9 Å². The van der Waals surface area contributed by atoms with Crippen molar-refractivity contribution in [2.75, 3.05) is 11.9 Å². The van der Waals surface area contributed by atoms with Crippen molar-refractivity contribution in [3.63, 3.8) is 0 Å². The van der Waals surface area contributed by atoms with Crippen molar-refractivity contribution in [3.05, 3.63) is 59.4 Å². The van der Waals surface area contributed by atoms with Crippen LogP contribution < -0.4 is 10.6 Å². The Bertz CT molecular complexity index is 578. The van der Waals surface area contributed by atoms with Gasteiger partial charge in [0.15, 0.2) is 0 Å². The lowest BCUT2D eigenvalue weighted by atomic mass is 10.1. The second-order valence-corrected chi connectivity index (χ2v) is 4.65. The summed E-state index contributed by atoms with van der Waals surface area (Å²) in [4.78, 5) is 6.19. The first kappa shape index (κ1) is 13.1. The highest BCUT2D eigenvalue weighted by atomic mass is 15.1. The lowest BCUT2D eigenvalue weighted by Gasteiger charge is -2.22. The van der Waals surface area contributed by atoms with Crippen LogP contribution >= 0.6 is 0 Å². The molecular weight excluding hydrogens is 236 g/mol. The molecule has 4 nitrogen and oxygen atoms in total. The van der Waals surface area contributed by atoms with Crippen LogP contribution in [0.1, 0.15) is 16.7 Å². The van der Waals surface area contributed by atoms with Gasteiger partial charge in [-0.1, -0.05) is 17.7 Å². The molecule has 2 aromatic rings. The number of benzene rings is 1. The first-order valence-corrected chi connectivity index (χ1v) is 6.13. The van der Waals surface area contributed by atoms with E-state index in [1.54, 1.807) is 6.20 Å². The molecule has 0 unspecified atom stereocenters. The summed E-state index contributed by atoms with van der Waals surface area (Å²) in [5, 5.41) is 7.68. The van der Waals surface area contributed by atoms with E-state index in [1.165, 1.54) is 0 Å². The molecule has 0 aliphatic heterocycles. The zero-order valence-electron chi connectivity index (χ0n) is 11.2. The maximum atomic E-state index is 7.68. The Hall–Kier alpha value is -2.36. The molecule has 1 heterocycles. The van der Waals surface area contributed by atoms with E-state index in [1.807, 2.05) is 50.5 Å². The van der Waals surface area contributed by atoms with Crippen LogP contribution in [0.5, 0.6) is 0 Å². The maximum absolute atomic E-state index is 7.68. The highest BCUT2D eigenvalue weighted by molar-refractivity contribution is 6.00. The van der Waals surface area contributed by atoms with Gasteiger partial charge in [-0.15, -0.1) is 0 Å². The predicted molar refractivity (Wildman–Crippen MR) is 78.5 cm³/mol. The molecule has 1 aromatic carbocycles. The van der Waals surface area contributed by atoms with Crippen molar-refractivity contribution < 1.29 is 0 Å². The quantitative estimate of drug-likeness (QED) is 0.650. The molecule has 0 radical (unpaired) electrons. The number of anilines is 1. The second kappa shape index (κ2) is 5.52. The first-order valence-electron chi connectivity index (χ1n) is 6.13. The summed E-state index contributed by atoms with van der Waals surface area (Å²) >= 11 is 0. The summed E-state index contributed by atoms with van der Waals surface area (Å²) in [7, 11) is 1.99. The third-order valence-electron chi connectivity index (χ3n) is 3.00. The molecular formula is C15H18N4. The molecule has 1 aromatic heterocycles. The lowest BCUT2D eigenvalue weighted by molar-refractivity contribution is 0.913. The molecule has 98 valence electrons. The van der Waals surface area contributed by atoms with Gasteiger partial charge in [-0.2, -0.15) is 0 Å². The van der Waals surface area contributed by atoms with Crippen molar-refractivity contribution in [2.45, 2.75) is 13.5 Å². The molecule has 3 N–H and O–H groups in total. The standard InChI is InChI=1S/C15H18N4/c1-11-5-6-14(13(8-11)15(16)17)19(2)10-12-4-3-7-18-9-12/h3-9H,10H2,1-2H3,(H3,16,17). The summed E-state index contributed by atoms with van der Waals surface area (Å²) < 4.78 is 0. The van der Waals surface area contributed by atoms with Gasteiger partial charge in [-0.3, -0.25) is 10.4 Å². The molecule has 2 rings (SSSR count). The van der Waals surface area contributed by atoms with E-state index < -0.39 is 0 Å². The normalized spacial score (nSPS) is 10.2. The van der Waals surface area contributed by atoms with Crippen LogP contribution in [0.3, 0.4) is 0 Å². The third kappa shape index (κ3) is 3.10. The Labute approximate surface area is 113 Å². The molecule has 0 aliphatic carbocycles. The number of aryl methyl sites for hydroxylation is 1. The van der Waals surface area contributed by atoms with Crippen molar-refractivity contribution in [3.8, 4) is 0 Å². The first-order chi connectivity index (χ1) is 9.08. The van der Waals surface area contributed by atoms with Crippen LogP contribution in [0.2, 0.25) is 0 Å². The van der Waals surface area contributed by atoms with Crippen LogP contribution in [-0.2, 0) is 6.54 Å². The summed E-state index contributed by atoms with van der Waals surface area (Å²) in [5.74, 6) is 0.0942. The monoisotopic (exact) mass is 254 g/mol. The van der Waals surface area contributed by atoms with E-state index in [-0.39, 0.29) is 5.84 Å². The number of nitrogens with one attached hydrogen (secondary N) is 1. The fraction of sp³-hybridized carbons (Fsp3) is 0.200. The highest BCUT2D eigenvalue weighted by Gasteiger charge is 2.10. The van der Waals surface area contributed by atoms with E-state index in [0.717, 1.165) is 28.9 Å². The molecule has 0 amide bonds. The van der Waals surface area contributed by atoms with Gasteiger partial charge in [0.2, 0.25) is 0 Å². The lowest BCUT2D eigenvalue weighted by Crippen LogP contribution is -2.22. The number of pyridine rings is 1. The molecule has 19 heavy (non-hydrogen) atoms. The van der Waals surface area contributed by atoms with Crippen LogP contribution in [0.4, 0.5) is 5.69 Å². The van der Waals surface area contributed by atoms with E-state index in [0.29, 0.717) is 0 Å². The van der Waals surface area contributed by atoms with Gasteiger partial charge in [0.1, 0.15) is 5.84 Å². The Morgan fingerprint density at radius 2 is 2.16 bits per heavy atom. The second-order valence-electron chi connectivity index (χ2n) is 4.65. The average Bonchev–Trinajstić information content (AvgIpc) is 2.39. The average molecular weight is 254 g/mol. The number of rotatable bonds is 4. The van der Waals surface area contributed by atoms with Crippen LogP contribution in [0.25, 0.3) is 0 Å². The maximum Gasteiger partial charge on any atom is 0.124 e. The number of hydrogen-bond donors (Lipinski definition) is 2. The number of amidine groups is 1. The van der Waals surface area contributed by atoms with Crippen molar-refractivity contribution in [2.24, 2.45) is 5.73 Å². The molecule has 0 fully saturated rings. The summed E-state index contributed by atoms with van der Waals surface area (Å²) in [6, 6.07) is 9.93. The van der Waals surface area contributed by atoms with E-state index in [4.69, 9.17) is 11.1 Å². The minimum absolute atomic E-state index is 0.0942. The molecule has 0 bridgehead atoms. The Balaban J connectivity index is 2.28. The zero-order valence-corrected chi connectivity index (χ0v) is 11.2. The summed E-state index contributed by atoms with van der Waals surface area (Å²) in [6.45, 7) is 2.73. The Morgan fingerprint density at radius 1 is 1.37 bits per heavy atom. The van der Waals surface area contributed by atoms with Crippen molar-refractivity contribution in [1.82, 2.24) is 4.98 Å². The number of nitrogen functional groups attached to an aromatic ring is 1. The smallest absolute Gasteiger partial charge is 0.124 e. The Morgan fingerprint density at radius 3 is 2.79 bits per heavy atom. The fourth-order valence-corrected chi connectivity index (χ4v) is 2.05. The topological polar surface area (TPSA) is 66.0 Å². The van der Waals surface area contributed by atoms with E-state index in [9.17, 15) is 0 Å². The number of nitrogens with zero attached hydrogens (tertiary/aromatic N) is 2. The molecule has 0 aliphatic rings. The molecule has 4 heteroatoms. The minimum atomic E-state index is 0.0942. The molecule has 0 saturated carbocycles. The fourth-order valence-electron chi connectivity index (χ4n) is 2.05. The summed E-state index contributed by atoms with van der Waals surface area (Å²) in [6.07, 6.45) is 3.61. The molecule has 0 spiro atoms. The van der Waals surface area contributed by atoms with Crippen molar-refractivity contribution in [1.29, 1.82) is 5.41 Å². The van der Waals surface area contributed by atoms with Gasteiger partial charge < -0.3 is 10.6 Å².